The Morgan fingerprint density at radius 1 is 1.32 bits per heavy atom. The van der Waals surface area contributed by atoms with Gasteiger partial charge in [-0.25, -0.2) is 4.79 Å². The lowest BCUT2D eigenvalue weighted by atomic mass is 10.2. The summed E-state index contributed by atoms with van der Waals surface area (Å²) < 4.78 is 44.2. The number of halogens is 1. The third kappa shape index (κ3) is 5.69. The maximum absolute atomic E-state index is 12.7. The van der Waals surface area contributed by atoms with Crippen molar-refractivity contribution in [3.63, 3.8) is 0 Å². The predicted molar refractivity (Wildman–Crippen MR) is 66.1 cm³/mol. The lowest BCUT2D eigenvalue weighted by molar-refractivity contribution is -0.157. The number of esters is 1. The van der Waals surface area contributed by atoms with Crippen LogP contribution in [0.3, 0.4) is 0 Å². The molecule has 0 atom stereocenters. The van der Waals surface area contributed by atoms with Gasteiger partial charge in [0.2, 0.25) is 0 Å². The van der Waals surface area contributed by atoms with Crippen LogP contribution in [0.2, 0.25) is 0 Å². The summed E-state index contributed by atoms with van der Waals surface area (Å²) in [5.41, 5.74) is -0.634. The first-order valence-electron chi connectivity index (χ1n) is 5.47. The number of benzene rings is 1. The lowest BCUT2D eigenvalue weighted by Crippen LogP contribution is -2.27. The summed E-state index contributed by atoms with van der Waals surface area (Å²) in [5, 5.41) is 0. The van der Waals surface area contributed by atoms with Gasteiger partial charge in [0.1, 0.15) is 16.2 Å². The summed E-state index contributed by atoms with van der Waals surface area (Å²) >= 11 is 0. The Labute approximate surface area is 111 Å². The fraction of sp³-hybridized carbons (Fsp3) is 0.417. The molecule has 0 radical (unpaired) electrons. The molecule has 1 aromatic rings. The van der Waals surface area contributed by atoms with E-state index in [2.05, 4.69) is 0 Å². The van der Waals surface area contributed by atoms with Gasteiger partial charge in [-0.05, 0) is 32.9 Å². The molecule has 0 unspecified atom stereocenters. The largest absolute Gasteiger partial charge is 0.482 e. The zero-order valence-corrected chi connectivity index (χ0v) is 11.7. The van der Waals surface area contributed by atoms with Crippen LogP contribution in [0.1, 0.15) is 20.8 Å². The van der Waals surface area contributed by atoms with Crippen molar-refractivity contribution >= 4 is 16.2 Å². The van der Waals surface area contributed by atoms with E-state index in [4.69, 9.17) is 9.47 Å². The number of hydrogen-bond donors (Lipinski definition) is 0. The Balaban J connectivity index is 2.67. The first kappa shape index (κ1) is 15.4. The van der Waals surface area contributed by atoms with Crippen LogP contribution < -0.4 is 4.74 Å². The van der Waals surface area contributed by atoms with E-state index in [1.807, 2.05) is 0 Å². The minimum Gasteiger partial charge on any atom is -0.482 e. The fourth-order valence-corrected chi connectivity index (χ4v) is 1.73. The summed E-state index contributed by atoms with van der Waals surface area (Å²) in [7, 11) is -4.79. The van der Waals surface area contributed by atoms with Crippen LogP contribution in [-0.2, 0) is 19.8 Å². The molecule has 0 saturated heterocycles. The normalized spacial score (nSPS) is 12.0. The average Bonchev–Trinajstić information content (AvgIpc) is 2.23. The molecule has 0 aliphatic rings. The Morgan fingerprint density at radius 2 is 1.95 bits per heavy atom. The highest BCUT2D eigenvalue weighted by Gasteiger charge is 2.17. The van der Waals surface area contributed by atoms with Gasteiger partial charge in [0, 0.05) is 6.07 Å². The molecule has 0 N–H and O–H groups in total. The molecule has 0 amide bonds. The molecule has 0 aliphatic heterocycles. The molecule has 19 heavy (non-hydrogen) atoms. The summed E-state index contributed by atoms with van der Waals surface area (Å²) in [4.78, 5) is 10.9. The van der Waals surface area contributed by atoms with Crippen LogP contribution in [0.15, 0.2) is 29.2 Å². The molecular weight excluding hydrogens is 275 g/mol. The van der Waals surface area contributed by atoms with Crippen molar-refractivity contribution < 1.29 is 26.6 Å². The number of carbonyl (C=O) groups is 1. The SMILES string of the molecule is CC(C)(C)OC(=O)COc1cccc(S(=O)(=O)F)c1. The van der Waals surface area contributed by atoms with Crippen molar-refractivity contribution in [3.05, 3.63) is 24.3 Å². The van der Waals surface area contributed by atoms with E-state index in [-0.39, 0.29) is 12.4 Å². The van der Waals surface area contributed by atoms with E-state index in [0.717, 1.165) is 12.1 Å². The van der Waals surface area contributed by atoms with Gasteiger partial charge >= 0.3 is 16.2 Å². The Kier molecular flexibility index (Phi) is 4.52. The van der Waals surface area contributed by atoms with Crippen molar-refractivity contribution in [2.45, 2.75) is 31.3 Å². The molecule has 0 saturated carbocycles. The molecular formula is C12H15FO5S. The van der Waals surface area contributed by atoms with Crippen molar-refractivity contribution in [1.82, 2.24) is 0 Å². The zero-order valence-electron chi connectivity index (χ0n) is 10.8. The van der Waals surface area contributed by atoms with Gasteiger partial charge in [0.05, 0.1) is 0 Å². The van der Waals surface area contributed by atoms with Crippen molar-refractivity contribution in [3.8, 4) is 5.75 Å². The second kappa shape index (κ2) is 5.56. The smallest absolute Gasteiger partial charge is 0.344 e. The quantitative estimate of drug-likeness (QED) is 0.627. The first-order chi connectivity index (χ1) is 8.58. The van der Waals surface area contributed by atoms with Crippen LogP contribution in [0.5, 0.6) is 5.75 Å². The second-order valence-corrected chi connectivity index (χ2v) is 6.13. The van der Waals surface area contributed by atoms with E-state index >= 15 is 0 Å². The van der Waals surface area contributed by atoms with Crippen LogP contribution in [0.4, 0.5) is 3.89 Å². The van der Waals surface area contributed by atoms with Gasteiger partial charge in [-0.1, -0.05) is 6.07 Å². The highest BCUT2D eigenvalue weighted by molar-refractivity contribution is 7.86. The van der Waals surface area contributed by atoms with Crippen LogP contribution in [0.25, 0.3) is 0 Å². The highest BCUT2D eigenvalue weighted by atomic mass is 32.3. The number of rotatable bonds is 4. The Bertz CT molecular complexity index is 560. The molecule has 1 aromatic carbocycles. The summed E-state index contributed by atoms with van der Waals surface area (Å²) in [6.07, 6.45) is 0. The molecule has 5 nitrogen and oxygen atoms in total. The summed E-state index contributed by atoms with van der Waals surface area (Å²) in [6, 6.07) is 4.82. The monoisotopic (exact) mass is 290 g/mol. The molecule has 0 fully saturated rings. The standard InChI is InChI=1S/C12H15FO5S/c1-12(2,3)18-11(14)8-17-9-5-4-6-10(7-9)19(13,15)16/h4-7H,8H2,1-3H3. The minimum absolute atomic E-state index is 0.0737. The molecule has 0 bridgehead atoms. The molecule has 7 heteroatoms. The first-order valence-corrected chi connectivity index (χ1v) is 6.86. The van der Waals surface area contributed by atoms with Crippen molar-refractivity contribution in [2.24, 2.45) is 0 Å². The molecule has 1 rings (SSSR count). The summed E-state index contributed by atoms with van der Waals surface area (Å²) in [5.74, 6) is -0.523. The predicted octanol–water partition coefficient (Wildman–Crippen LogP) is 2.07. The van der Waals surface area contributed by atoms with Gasteiger partial charge in [-0.15, -0.1) is 3.89 Å². The lowest BCUT2D eigenvalue weighted by Gasteiger charge is -2.19. The Hall–Kier alpha value is -1.63. The van der Waals surface area contributed by atoms with Crippen molar-refractivity contribution in [1.29, 1.82) is 0 Å². The highest BCUT2D eigenvalue weighted by Crippen LogP contribution is 2.19. The van der Waals surface area contributed by atoms with E-state index in [1.54, 1.807) is 20.8 Å². The third-order valence-corrected chi connectivity index (χ3v) is 2.68. The van der Waals surface area contributed by atoms with Gasteiger partial charge in [0.15, 0.2) is 6.61 Å². The maximum atomic E-state index is 12.7. The van der Waals surface area contributed by atoms with Crippen molar-refractivity contribution in [2.75, 3.05) is 6.61 Å². The topological polar surface area (TPSA) is 69.7 Å². The molecule has 0 aliphatic carbocycles. The molecule has 0 heterocycles. The van der Waals surface area contributed by atoms with Crippen LogP contribution in [0, 0.1) is 0 Å². The molecule has 106 valence electrons. The maximum Gasteiger partial charge on any atom is 0.344 e. The fourth-order valence-electron chi connectivity index (χ4n) is 1.23. The minimum atomic E-state index is -4.79. The second-order valence-electron chi connectivity index (χ2n) is 4.79. The number of carbonyl (C=O) groups excluding carboxylic acids is 1. The average molecular weight is 290 g/mol. The van der Waals surface area contributed by atoms with E-state index in [1.165, 1.54) is 12.1 Å². The number of ether oxygens (including phenoxy) is 2. The molecule has 0 aromatic heterocycles. The van der Waals surface area contributed by atoms with Gasteiger partial charge in [0.25, 0.3) is 0 Å². The zero-order chi connectivity index (χ0) is 14.7. The van der Waals surface area contributed by atoms with Crippen LogP contribution in [-0.4, -0.2) is 26.6 Å². The molecule has 0 spiro atoms. The number of hydrogen-bond acceptors (Lipinski definition) is 5. The Morgan fingerprint density at radius 3 is 2.47 bits per heavy atom. The van der Waals surface area contributed by atoms with Gasteiger partial charge in [-0.3, -0.25) is 0 Å². The van der Waals surface area contributed by atoms with Gasteiger partial charge < -0.3 is 9.47 Å². The van der Waals surface area contributed by atoms with Gasteiger partial charge in [-0.2, -0.15) is 8.42 Å². The third-order valence-electron chi connectivity index (χ3n) is 1.86. The van der Waals surface area contributed by atoms with Crippen LogP contribution >= 0.6 is 0 Å². The van der Waals surface area contributed by atoms with E-state index < -0.39 is 26.7 Å². The summed E-state index contributed by atoms with van der Waals surface area (Å²) in [6.45, 7) is 4.75. The van der Waals surface area contributed by atoms with E-state index in [0.29, 0.717) is 0 Å². The van der Waals surface area contributed by atoms with E-state index in [9.17, 15) is 17.1 Å².